The van der Waals surface area contributed by atoms with Crippen molar-refractivity contribution in [3.8, 4) is 6.07 Å². The van der Waals surface area contributed by atoms with Crippen molar-refractivity contribution < 1.29 is 9.59 Å². The van der Waals surface area contributed by atoms with E-state index in [9.17, 15) is 14.9 Å². The van der Waals surface area contributed by atoms with Crippen molar-refractivity contribution in [1.29, 1.82) is 5.26 Å². The van der Waals surface area contributed by atoms with Gasteiger partial charge in [0.25, 0.3) is 0 Å². The van der Waals surface area contributed by atoms with Crippen molar-refractivity contribution in [2.45, 2.75) is 63.5 Å². The van der Waals surface area contributed by atoms with Crippen LogP contribution in [0.1, 0.15) is 68.7 Å². The van der Waals surface area contributed by atoms with Crippen LogP contribution in [-0.2, 0) is 15.0 Å². The molecular formula is C35H39N3O2. The maximum absolute atomic E-state index is 13.7. The van der Waals surface area contributed by atoms with E-state index in [0.717, 1.165) is 29.5 Å². The Morgan fingerprint density at radius 3 is 2.05 bits per heavy atom. The van der Waals surface area contributed by atoms with Gasteiger partial charge in [0.2, 0.25) is 11.8 Å². The summed E-state index contributed by atoms with van der Waals surface area (Å²) >= 11 is 0. The van der Waals surface area contributed by atoms with Crippen molar-refractivity contribution in [3.05, 3.63) is 108 Å². The molecule has 5 rings (SSSR count). The summed E-state index contributed by atoms with van der Waals surface area (Å²) in [6.07, 6.45) is 3.62. The van der Waals surface area contributed by atoms with Gasteiger partial charge in [-0.3, -0.25) is 9.59 Å². The molecule has 5 heteroatoms. The second-order valence-electron chi connectivity index (χ2n) is 11.7. The number of nitriles is 1. The summed E-state index contributed by atoms with van der Waals surface area (Å²) in [7, 11) is 0. The second-order valence-corrected chi connectivity index (χ2v) is 11.7. The van der Waals surface area contributed by atoms with E-state index in [1.54, 1.807) is 0 Å². The van der Waals surface area contributed by atoms with E-state index in [1.807, 2.05) is 95.9 Å². The summed E-state index contributed by atoms with van der Waals surface area (Å²) in [6, 6.07) is 31.9. The van der Waals surface area contributed by atoms with E-state index in [2.05, 4.69) is 25.2 Å². The Bertz CT molecular complexity index is 1300. The minimum Gasteiger partial charge on any atom is -0.343 e. The second kappa shape index (κ2) is 12.1. The van der Waals surface area contributed by atoms with Crippen LogP contribution in [0.5, 0.6) is 0 Å². The summed E-state index contributed by atoms with van der Waals surface area (Å²) in [6.45, 7) is 4.86. The van der Waals surface area contributed by atoms with Gasteiger partial charge in [0.05, 0.1) is 17.5 Å². The van der Waals surface area contributed by atoms with Gasteiger partial charge >= 0.3 is 0 Å². The number of hydrogen-bond acceptors (Lipinski definition) is 3. The summed E-state index contributed by atoms with van der Waals surface area (Å²) < 4.78 is 0. The van der Waals surface area contributed by atoms with Crippen LogP contribution in [0.4, 0.5) is 0 Å². The van der Waals surface area contributed by atoms with Crippen molar-refractivity contribution in [3.63, 3.8) is 0 Å². The first-order valence-corrected chi connectivity index (χ1v) is 14.6. The van der Waals surface area contributed by atoms with Crippen LogP contribution < -0.4 is 5.32 Å². The van der Waals surface area contributed by atoms with Crippen molar-refractivity contribution in [2.75, 3.05) is 6.54 Å². The molecule has 206 valence electrons. The molecule has 1 saturated heterocycles. The molecule has 2 amide bonds. The summed E-state index contributed by atoms with van der Waals surface area (Å²) in [4.78, 5) is 29.0. The van der Waals surface area contributed by atoms with E-state index < -0.39 is 11.5 Å². The van der Waals surface area contributed by atoms with Gasteiger partial charge in [-0.2, -0.15) is 5.26 Å². The van der Waals surface area contributed by atoms with Gasteiger partial charge in [0.1, 0.15) is 6.04 Å². The zero-order valence-corrected chi connectivity index (χ0v) is 23.5. The molecule has 40 heavy (non-hydrogen) atoms. The number of hydrogen-bond donors (Lipinski definition) is 1. The van der Waals surface area contributed by atoms with Gasteiger partial charge in [-0.25, -0.2) is 0 Å². The number of nitrogens with one attached hydrogen (secondary N) is 1. The van der Waals surface area contributed by atoms with E-state index in [1.165, 1.54) is 0 Å². The van der Waals surface area contributed by atoms with Crippen LogP contribution in [-0.4, -0.2) is 29.3 Å². The minimum absolute atomic E-state index is 0.0511. The number of carbonyl (C=O) groups is 2. The van der Waals surface area contributed by atoms with Crippen LogP contribution in [0.15, 0.2) is 91.0 Å². The molecule has 1 heterocycles. The number of likely N-dealkylation sites (tertiary alicyclic amines) is 1. The SMILES string of the molecule is CC(C)C(C#N)(CCCCC(=O)N1CC2CC2C1C(=O)NC(c1ccccc1)c1ccccc1)c1ccccc1. The molecule has 5 nitrogen and oxygen atoms in total. The van der Waals surface area contributed by atoms with Crippen LogP contribution in [0.3, 0.4) is 0 Å². The predicted molar refractivity (Wildman–Crippen MR) is 157 cm³/mol. The van der Waals surface area contributed by atoms with Crippen LogP contribution in [0.25, 0.3) is 0 Å². The number of unbranched alkanes of at least 4 members (excludes halogenated alkanes) is 1. The van der Waals surface area contributed by atoms with Gasteiger partial charge in [-0.15, -0.1) is 0 Å². The van der Waals surface area contributed by atoms with E-state index in [-0.39, 0.29) is 29.7 Å². The van der Waals surface area contributed by atoms with Gasteiger partial charge < -0.3 is 10.2 Å². The topological polar surface area (TPSA) is 73.2 Å². The predicted octanol–water partition coefficient (Wildman–Crippen LogP) is 6.42. The van der Waals surface area contributed by atoms with Crippen LogP contribution >= 0.6 is 0 Å². The molecule has 0 bridgehead atoms. The standard InChI is InChI=1S/C35H39N3O2/c1-25(2)35(24-36,29-18-10-5-11-19-29)21-13-12-20-31(39)38-23-28-22-30(28)33(38)34(40)37-32(26-14-6-3-7-15-26)27-16-8-4-9-17-27/h3-11,14-19,25,28,30,32-33H,12-13,20-23H2,1-2H3,(H,37,40). The Morgan fingerprint density at radius 1 is 0.925 bits per heavy atom. The summed E-state index contributed by atoms with van der Waals surface area (Å²) in [5, 5.41) is 13.5. The zero-order valence-electron chi connectivity index (χ0n) is 23.5. The van der Waals surface area contributed by atoms with Crippen molar-refractivity contribution in [2.24, 2.45) is 17.8 Å². The fraction of sp³-hybridized carbons (Fsp3) is 0.400. The van der Waals surface area contributed by atoms with Crippen LogP contribution in [0.2, 0.25) is 0 Å². The minimum atomic E-state index is -0.564. The Balaban J connectivity index is 1.23. The van der Waals surface area contributed by atoms with E-state index in [4.69, 9.17) is 0 Å². The lowest BCUT2D eigenvalue weighted by molar-refractivity contribution is -0.139. The Morgan fingerprint density at radius 2 is 1.50 bits per heavy atom. The smallest absolute Gasteiger partial charge is 0.243 e. The fourth-order valence-corrected chi connectivity index (χ4v) is 6.51. The number of amides is 2. The number of benzene rings is 3. The molecule has 4 unspecified atom stereocenters. The van der Waals surface area contributed by atoms with Crippen molar-refractivity contribution >= 4 is 11.8 Å². The van der Waals surface area contributed by atoms with Gasteiger partial charge in [0.15, 0.2) is 0 Å². The highest BCUT2D eigenvalue weighted by atomic mass is 16.2. The lowest BCUT2D eigenvalue weighted by atomic mass is 9.69. The lowest BCUT2D eigenvalue weighted by Gasteiger charge is -2.32. The first-order chi connectivity index (χ1) is 19.4. The number of rotatable bonds is 11. The Hall–Kier alpha value is -3.91. The third kappa shape index (κ3) is 5.68. The first-order valence-electron chi connectivity index (χ1n) is 14.6. The molecule has 1 aliphatic heterocycles. The average Bonchev–Trinajstić information content (AvgIpc) is 3.65. The third-order valence-corrected chi connectivity index (χ3v) is 8.98. The molecule has 1 aliphatic carbocycles. The molecule has 1 N–H and O–H groups in total. The van der Waals surface area contributed by atoms with Gasteiger partial charge in [-0.1, -0.05) is 111 Å². The summed E-state index contributed by atoms with van der Waals surface area (Å²) in [5.74, 6) is 0.827. The van der Waals surface area contributed by atoms with Crippen molar-refractivity contribution in [1.82, 2.24) is 10.2 Å². The highest BCUT2D eigenvalue weighted by Gasteiger charge is 2.56. The maximum Gasteiger partial charge on any atom is 0.243 e. The Labute approximate surface area is 238 Å². The molecule has 4 atom stereocenters. The number of carbonyl (C=O) groups excluding carboxylic acids is 2. The molecule has 3 aromatic carbocycles. The molecule has 0 spiro atoms. The maximum atomic E-state index is 13.7. The van der Waals surface area contributed by atoms with Gasteiger partial charge in [0, 0.05) is 13.0 Å². The third-order valence-electron chi connectivity index (χ3n) is 8.98. The quantitative estimate of drug-likeness (QED) is 0.289. The molecular weight excluding hydrogens is 494 g/mol. The average molecular weight is 534 g/mol. The molecule has 2 fully saturated rings. The lowest BCUT2D eigenvalue weighted by Crippen LogP contribution is -2.49. The molecule has 3 aromatic rings. The van der Waals surface area contributed by atoms with Gasteiger partial charge in [-0.05, 0) is 53.7 Å². The molecule has 1 saturated carbocycles. The zero-order chi connectivity index (χ0) is 28.1. The van der Waals surface area contributed by atoms with E-state index >= 15 is 0 Å². The largest absolute Gasteiger partial charge is 0.343 e. The van der Waals surface area contributed by atoms with E-state index in [0.29, 0.717) is 31.7 Å². The Kier molecular flexibility index (Phi) is 8.35. The monoisotopic (exact) mass is 533 g/mol. The fourth-order valence-electron chi connectivity index (χ4n) is 6.51. The molecule has 0 radical (unpaired) electrons. The molecule has 2 aliphatic rings. The summed E-state index contributed by atoms with van der Waals surface area (Å²) in [5.41, 5.74) is 2.53. The number of nitrogens with zero attached hydrogens (tertiary/aromatic N) is 2. The van der Waals surface area contributed by atoms with Crippen LogP contribution in [0, 0.1) is 29.1 Å². The highest BCUT2D eigenvalue weighted by Crippen LogP contribution is 2.50. The number of fused-ring (bicyclic) bond motifs is 1. The highest BCUT2D eigenvalue weighted by molar-refractivity contribution is 5.89. The number of piperidine rings is 1. The normalized spacial score (nSPS) is 21.0. The molecule has 0 aromatic heterocycles. The first kappa shape index (κ1) is 27.6.